The standard InChI is InChI=1S/C26H28N4O2/c1-18(2)17-30-25-21(13-9-15-27-25)24(29-30)22(16-19-10-5-4-6-11-19)28-26(31)20-12-7-8-14-23(20)32-3/h4-15,18,22H,16-17H2,1-3H3,(H,28,31)/t22-/m0/s1. The van der Waals surface area contributed by atoms with Gasteiger partial charge in [-0.05, 0) is 42.2 Å². The molecule has 6 heteroatoms. The van der Waals surface area contributed by atoms with Gasteiger partial charge in [0.1, 0.15) is 5.75 Å². The largest absolute Gasteiger partial charge is 0.496 e. The quantitative estimate of drug-likeness (QED) is 0.437. The summed E-state index contributed by atoms with van der Waals surface area (Å²) in [6, 6.07) is 21.0. The molecule has 0 saturated heterocycles. The number of amides is 1. The van der Waals surface area contributed by atoms with Crippen LogP contribution >= 0.6 is 0 Å². The summed E-state index contributed by atoms with van der Waals surface area (Å²) in [5.41, 5.74) is 3.27. The molecule has 0 bridgehead atoms. The van der Waals surface area contributed by atoms with Gasteiger partial charge in [-0.25, -0.2) is 9.67 Å². The molecule has 1 atom stereocenters. The van der Waals surface area contributed by atoms with E-state index in [1.807, 2.05) is 47.1 Å². The molecule has 0 saturated carbocycles. The van der Waals surface area contributed by atoms with Crippen molar-refractivity contribution in [3.63, 3.8) is 0 Å². The highest BCUT2D eigenvalue weighted by molar-refractivity contribution is 5.97. The van der Waals surface area contributed by atoms with E-state index >= 15 is 0 Å². The zero-order valence-electron chi connectivity index (χ0n) is 18.7. The van der Waals surface area contributed by atoms with Crippen molar-refractivity contribution in [1.29, 1.82) is 0 Å². The lowest BCUT2D eigenvalue weighted by molar-refractivity contribution is 0.0932. The van der Waals surface area contributed by atoms with Crippen LogP contribution in [0.1, 0.15) is 41.5 Å². The van der Waals surface area contributed by atoms with Gasteiger partial charge in [-0.2, -0.15) is 5.10 Å². The number of para-hydroxylation sites is 1. The Morgan fingerprint density at radius 1 is 1.03 bits per heavy atom. The molecule has 0 spiro atoms. The number of methoxy groups -OCH3 is 1. The third-order valence-corrected chi connectivity index (χ3v) is 5.34. The highest BCUT2D eigenvalue weighted by Gasteiger charge is 2.24. The molecule has 164 valence electrons. The fourth-order valence-electron chi connectivity index (χ4n) is 3.90. The summed E-state index contributed by atoms with van der Waals surface area (Å²) in [5, 5.41) is 9.09. The number of benzene rings is 2. The molecule has 2 aromatic carbocycles. The lowest BCUT2D eigenvalue weighted by Gasteiger charge is -2.19. The molecule has 0 aliphatic heterocycles. The van der Waals surface area contributed by atoms with Crippen molar-refractivity contribution >= 4 is 16.9 Å². The normalized spacial score (nSPS) is 12.1. The molecule has 0 aliphatic rings. The van der Waals surface area contributed by atoms with E-state index in [9.17, 15) is 4.79 Å². The molecule has 0 radical (unpaired) electrons. The van der Waals surface area contributed by atoms with E-state index in [-0.39, 0.29) is 11.9 Å². The van der Waals surface area contributed by atoms with E-state index in [2.05, 4.69) is 36.3 Å². The average Bonchev–Trinajstić information content (AvgIpc) is 3.17. The summed E-state index contributed by atoms with van der Waals surface area (Å²) >= 11 is 0. The van der Waals surface area contributed by atoms with E-state index in [0.29, 0.717) is 23.7 Å². The summed E-state index contributed by atoms with van der Waals surface area (Å²) in [7, 11) is 1.57. The Labute approximate surface area is 188 Å². The van der Waals surface area contributed by atoms with E-state index in [1.54, 1.807) is 25.4 Å². The predicted molar refractivity (Wildman–Crippen MR) is 126 cm³/mol. The second-order valence-corrected chi connectivity index (χ2v) is 8.25. The van der Waals surface area contributed by atoms with Gasteiger partial charge < -0.3 is 10.1 Å². The molecule has 2 aromatic heterocycles. The van der Waals surface area contributed by atoms with Crippen LogP contribution in [-0.2, 0) is 13.0 Å². The lowest BCUT2D eigenvalue weighted by atomic mass is 10.0. The summed E-state index contributed by atoms with van der Waals surface area (Å²) in [6.07, 6.45) is 2.40. The van der Waals surface area contributed by atoms with Crippen LogP contribution in [0.5, 0.6) is 5.75 Å². The Kier molecular flexibility index (Phi) is 6.50. The Bertz CT molecular complexity index is 1200. The van der Waals surface area contributed by atoms with Crippen molar-refractivity contribution in [3.8, 4) is 5.75 Å². The fourth-order valence-corrected chi connectivity index (χ4v) is 3.90. The average molecular weight is 429 g/mol. The SMILES string of the molecule is COc1ccccc1C(=O)N[C@@H](Cc1ccccc1)c1nn(CC(C)C)c2ncccc12. The van der Waals surface area contributed by atoms with Gasteiger partial charge >= 0.3 is 0 Å². The minimum absolute atomic E-state index is 0.196. The third-order valence-electron chi connectivity index (χ3n) is 5.34. The zero-order valence-corrected chi connectivity index (χ0v) is 18.7. The molecule has 0 aliphatic carbocycles. The fraction of sp³-hybridized carbons (Fsp3) is 0.269. The second kappa shape index (κ2) is 9.64. The van der Waals surface area contributed by atoms with Crippen molar-refractivity contribution in [2.45, 2.75) is 32.9 Å². The van der Waals surface area contributed by atoms with Crippen molar-refractivity contribution in [2.24, 2.45) is 5.92 Å². The van der Waals surface area contributed by atoms with Crippen LogP contribution < -0.4 is 10.1 Å². The first kappa shape index (κ1) is 21.6. The highest BCUT2D eigenvalue weighted by Crippen LogP contribution is 2.27. The number of carbonyl (C=O) groups excluding carboxylic acids is 1. The Morgan fingerprint density at radius 2 is 1.78 bits per heavy atom. The Hall–Kier alpha value is -3.67. The summed E-state index contributed by atoms with van der Waals surface area (Å²) in [6.45, 7) is 5.06. The number of rotatable bonds is 8. The highest BCUT2D eigenvalue weighted by atomic mass is 16.5. The number of pyridine rings is 1. The number of nitrogens with one attached hydrogen (secondary N) is 1. The van der Waals surface area contributed by atoms with Crippen LogP contribution in [0.3, 0.4) is 0 Å². The lowest BCUT2D eigenvalue weighted by Crippen LogP contribution is -2.31. The predicted octanol–water partition coefficient (Wildman–Crippen LogP) is 4.81. The van der Waals surface area contributed by atoms with Gasteiger partial charge in [0.05, 0.1) is 24.4 Å². The number of ether oxygens (including phenoxy) is 1. The van der Waals surface area contributed by atoms with Gasteiger partial charge in [0.15, 0.2) is 5.65 Å². The molecule has 0 fully saturated rings. The number of hydrogen-bond acceptors (Lipinski definition) is 4. The molecular weight excluding hydrogens is 400 g/mol. The van der Waals surface area contributed by atoms with Crippen LogP contribution in [0.4, 0.5) is 0 Å². The summed E-state index contributed by atoms with van der Waals surface area (Å²) in [5.74, 6) is 0.767. The number of aromatic nitrogens is 3. The smallest absolute Gasteiger partial charge is 0.255 e. The van der Waals surface area contributed by atoms with Gasteiger partial charge in [-0.3, -0.25) is 4.79 Å². The maximum absolute atomic E-state index is 13.3. The molecular formula is C26H28N4O2. The number of fused-ring (bicyclic) bond motifs is 1. The minimum atomic E-state index is -0.324. The molecule has 4 rings (SSSR count). The molecule has 1 N–H and O–H groups in total. The number of nitrogens with zero attached hydrogens (tertiary/aromatic N) is 3. The first-order valence-electron chi connectivity index (χ1n) is 10.9. The molecule has 32 heavy (non-hydrogen) atoms. The second-order valence-electron chi connectivity index (χ2n) is 8.25. The monoisotopic (exact) mass is 428 g/mol. The van der Waals surface area contributed by atoms with Crippen LogP contribution in [-0.4, -0.2) is 27.8 Å². The van der Waals surface area contributed by atoms with Gasteiger partial charge in [-0.1, -0.05) is 56.3 Å². The zero-order chi connectivity index (χ0) is 22.5. The Morgan fingerprint density at radius 3 is 2.53 bits per heavy atom. The van der Waals surface area contributed by atoms with Gasteiger partial charge in [0.2, 0.25) is 0 Å². The maximum Gasteiger partial charge on any atom is 0.255 e. The first-order chi connectivity index (χ1) is 15.6. The minimum Gasteiger partial charge on any atom is -0.496 e. The van der Waals surface area contributed by atoms with Gasteiger partial charge in [-0.15, -0.1) is 0 Å². The van der Waals surface area contributed by atoms with Crippen molar-refractivity contribution in [3.05, 3.63) is 89.7 Å². The summed E-state index contributed by atoms with van der Waals surface area (Å²) < 4.78 is 7.35. The van der Waals surface area contributed by atoms with Gasteiger partial charge in [0.25, 0.3) is 5.91 Å². The molecule has 0 unspecified atom stereocenters. The third kappa shape index (κ3) is 4.64. The maximum atomic E-state index is 13.3. The number of hydrogen-bond donors (Lipinski definition) is 1. The van der Waals surface area contributed by atoms with E-state index in [1.165, 1.54) is 0 Å². The van der Waals surface area contributed by atoms with Gasteiger partial charge in [0, 0.05) is 18.1 Å². The summed E-state index contributed by atoms with van der Waals surface area (Å²) in [4.78, 5) is 17.9. The van der Waals surface area contributed by atoms with Crippen LogP contribution in [0, 0.1) is 5.92 Å². The first-order valence-corrected chi connectivity index (χ1v) is 10.9. The van der Waals surface area contributed by atoms with Crippen molar-refractivity contribution < 1.29 is 9.53 Å². The number of carbonyl (C=O) groups is 1. The van der Waals surface area contributed by atoms with Crippen molar-refractivity contribution in [2.75, 3.05) is 7.11 Å². The van der Waals surface area contributed by atoms with Crippen LogP contribution in [0.15, 0.2) is 72.9 Å². The van der Waals surface area contributed by atoms with Crippen LogP contribution in [0.25, 0.3) is 11.0 Å². The molecule has 4 aromatic rings. The van der Waals surface area contributed by atoms with E-state index < -0.39 is 0 Å². The molecule has 2 heterocycles. The van der Waals surface area contributed by atoms with E-state index in [0.717, 1.165) is 28.8 Å². The topological polar surface area (TPSA) is 69.0 Å². The molecule has 1 amide bonds. The Balaban J connectivity index is 1.76. The van der Waals surface area contributed by atoms with E-state index in [4.69, 9.17) is 9.84 Å². The van der Waals surface area contributed by atoms with Crippen LogP contribution in [0.2, 0.25) is 0 Å². The van der Waals surface area contributed by atoms with Crippen molar-refractivity contribution in [1.82, 2.24) is 20.1 Å². The molecule has 6 nitrogen and oxygen atoms in total.